The molecule has 66 valence electrons. The van der Waals surface area contributed by atoms with Crippen molar-refractivity contribution in [2.75, 3.05) is 0 Å². The monoisotopic (exact) mass is 163 g/mol. The van der Waals surface area contributed by atoms with Crippen LogP contribution in [0.25, 0.3) is 0 Å². The summed E-state index contributed by atoms with van der Waals surface area (Å²) in [7, 11) is 0. The van der Waals surface area contributed by atoms with E-state index >= 15 is 0 Å². The van der Waals surface area contributed by atoms with Crippen LogP contribution in [0.4, 0.5) is 0 Å². The van der Waals surface area contributed by atoms with Gasteiger partial charge >= 0.3 is 0 Å². The van der Waals surface area contributed by atoms with Crippen molar-refractivity contribution in [2.45, 2.75) is 32.6 Å². The van der Waals surface area contributed by atoms with E-state index in [4.69, 9.17) is 0 Å². The maximum Gasteiger partial charge on any atom is 0.0430 e. The lowest BCUT2D eigenvalue weighted by atomic mass is 9.84. The van der Waals surface area contributed by atoms with E-state index in [0.717, 1.165) is 6.42 Å². The van der Waals surface area contributed by atoms with Crippen LogP contribution < -0.4 is 0 Å². The number of allylic oxidation sites excluding steroid dienone is 3. The van der Waals surface area contributed by atoms with E-state index in [0.29, 0.717) is 5.92 Å². The van der Waals surface area contributed by atoms with Gasteiger partial charge in [-0.15, -0.1) is 0 Å². The Kier molecular flexibility index (Phi) is 3.27. The van der Waals surface area contributed by atoms with E-state index in [-0.39, 0.29) is 0 Å². The Morgan fingerprint density at radius 1 is 1.67 bits per heavy atom. The highest BCUT2D eigenvalue weighted by molar-refractivity contribution is 5.36. The molecule has 0 aromatic rings. The number of nitrogens with zero attached hydrogens (tertiary/aromatic N) is 1. The Morgan fingerprint density at radius 3 is 2.92 bits per heavy atom. The second-order valence-corrected chi connectivity index (χ2v) is 3.26. The molecule has 1 atom stereocenters. The minimum Gasteiger partial charge on any atom is -0.269 e. The van der Waals surface area contributed by atoms with Crippen molar-refractivity contribution in [2.24, 2.45) is 10.9 Å². The summed E-state index contributed by atoms with van der Waals surface area (Å²) in [4.78, 5) is 4.06. The molecule has 0 N–H and O–H groups in total. The molecule has 0 saturated carbocycles. The van der Waals surface area contributed by atoms with Crippen LogP contribution in [-0.4, -0.2) is 6.72 Å². The van der Waals surface area contributed by atoms with E-state index in [9.17, 15) is 0 Å². The zero-order valence-corrected chi connectivity index (χ0v) is 7.84. The van der Waals surface area contributed by atoms with Gasteiger partial charge in [-0.1, -0.05) is 19.6 Å². The molecule has 1 rings (SSSR count). The van der Waals surface area contributed by atoms with Gasteiger partial charge in [0.1, 0.15) is 0 Å². The lowest BCUT2D eigenvalue weighted by Crippen LogP contribution is -2.09. The molecule has 0 bridgehead atoms. The van der Waals surface area contributed by atoms with E-state index in [1.807, 2.05) is 6.08 Å². The van der Waals surface area contributed by atoms with Crippen molar-refractivity contribution >= 4 is 6.72 Å². The Balaban J connectivity index is 2.92. The van der Waals surface area contributed by atoms with Crippen LogP contribution in [0.3, 0.4) is 0 Å². The Labute approximate surface area is 74.9 Å². The van der Waals surface area contributed by atoms with Gasteiger partial charge in [0.15, 0.2) is 0 Å². The molecule has 1 nitrogen and oxygen atoms in total. The summed E-state index contributed by atoms with van der Waals surface area (Å²) >= 11 is 0. The van der Waals surface area contributed by atoms with E-state index in [1.165, 1.54) is 30.5 Å². The van der Waals surface area contributed by atoms with E-state index in [1.54, 1.807) is 0 Å². The van der Waals surface area contributed by atoms with Gasteiger partial charge in [-0.3, -0.25) is 4.99 Å². The summed E-state index contributed by atoms with van der Waals surface area (Å²) in [6.07, 6.45) is 6.78. The van der Waals surface area contributed by atoms with Crippen molar-refractivity contribution in [1.82, 2.24) is 0 Å². The minimum atomic E-state index is 0.678. The van der Waals surface area contributed by atoms with Crippen LogP contribution >= 0.6 is 0 Å². The number of rotatable bonds is 3. The summed E-state index contributed by atoms with van der Waals surface area (Å²) in [5.74, 6) is 0.678. The van der Waals surface area contributed by atoms with Crippen molar-refractivity contribution in [3.63, 3.8) is 0 Å². The van der Waals surface area contributed by atoms with Crippen LogP contribution in [-0.2, 0) is 0 Å². The van der Waals surface area contributed by atoms with Gasteiger partial charge in [-0.25, -0.2) is 0 Å². The van der Waals surface area contributed by atoms with Gasteiger partial charge in [0.05, 0.1) is 0 Å². The zero-order chi connectivity index (χ0) is 8.97. The van der Waals surface area contributed by atoms with Crippen LogP contribution in [0.15, 0.2) is 28.9 Å². The van der Waals surface area contributed by atoms with Crippen LogP contribution in [0, 0.1) is 5.92 Å². The molecule has 0 fully saturated rings. The Hall–Kier alpha value is -0.850. The normalized spacial score (nSPS) is 23.9. The van der Waals surface area contributed by atoms with Gasteiger partial charge in [0.25, 0.3) is 0 Å². The van der Waals surface area contributed by atoms with Crippen molar-refractivity contribution in [3.05, 3.63) is 23.9 Å². The van der Waals surface area contributed by atoms with Gasteiger partial charge in [-0.05, 0) is 43.9 Å². The Bertz CT molecular complexity index is 213. The first-order valence-corrected chi connectivity index (χ1v) is 4.65. The summed E-state index contributed by atoms with van der Waals surface area (Å²) in [5, 5.41) is 0. The highest BCUT2D eigenvalue weighted by Gasteiger charge is 2.18. The van der Waals surface area contributed by atoms with Crippen molar-refractivity contribution < 1.29 is 0 Å². The van der Waals surface area contributed by atoms with Gasteiger partial charge in [-0.2, -0.15) is 0 Å². The lowest BCUT2D eigenvalue weighted by molar-refractivity contribution is 0.493. The van der Waals surface area contributed by atoms with E-state index in [2.05, 4.69) is 25.2 Å². The van der Waals surface area contributed by atoms with Crippen LogP contribution in [0.1, 0.15) is 32.6 Å². The third-order valence-electron chi connectivity index (χ3n) is 2.64. The van der Waals surface area contributed by atoms with E-state index < -0.39 is 0 Å². The fourth-order valence-corrected chi connectivity index (χ4v) is 1.93. The summed E-state index contributed by atoms with van der Waals surface area (Å²) in [5.41, 5.74) is 2.50. The number of aliphatic imine (C=N–C) groups is 1. The molecular weight excluding hydrogens is 146 g/mol. The molecule has 0 heterocycles. The molecule has 1 heteroatoms. The lowest BCUT2D eigenvalue weighted by Gasteiger charge is -2.23. The average molecular weight is 163 g/mol. The Morgan fingerprint density at radius 2 is 2.42 bits per heavy atom. The van der Waals surface area contributed by atoms with Crippen molar-refractivity contribution in [1.29, 1.82) is 0 Å². The topological polar surface area (TPSA) is 12.4 Å². The standard InChI is InChI=1S/C11H17N/c1-4-9-7-6-8-11(12-3)10(9)5-2/h5,9H,2-4,6-8H2,1H3. The highest BCUT2D eigenvalue weighted by atomic mass is 14.7. The van der Waals surface area contributed by atoms with Crippen LogP contribution in [0.2, 0.25) is 0 Å². The summed E-state index contributed by atoms with van der Waals surface area (Å²) < 4.78 is 0. The maximum absolute atomic E-state index is 4.06. The van der Waals surface area contributed by atoms with Gasteiger partial charge in [0, 0.05) is 5.70 Å². The molecule has 0 aromatic heterocycles. The van der Waals surface area contributed by atoms with Crippen molar-refractivity contribution in [3.8, 4) is 0 Å². The molecule has 0 radical (unpaired) electrons. The molecule has 1 aliphatic carbocycles. The van der Waals surface area contributed by atoms with Crippen LogP contribution in [0.5, 0.6) is 0 Å². The van der Waals surface area contributed by atoms with Gasteiger partial charge in [0.2, 0.25) is 0 Å². The molecule has 0 aromatic carbocycles. The second kappa shape index (κ2) is 4.24. The number of hydrogen-bond donors (Lipinski definition) is 0. The summed E-state index contributed by atoms with van der Waals surface area (Å²) in [6.45, 7) is 9.65. The third-order valence-corrected chi connectivity index (χ3v) is 2.64. The first kappa shape index (κ1) is 9.24. The van der Waals surface area contributed by atoms with Gasteiger partial charge < -0.3 is 0 Å². The quantitative estimate of drug-likeness (QED) is 0.566. The molecule has 0 saturated heterocycles. The predicted octanol–water partition coefficient (Wildman–Crippen LogP) is 3.34. The molecule has 1 unspecified atom stereocenters. The largest absolute Gasteiger partial charge is 0.269 e. The zero-order valence-electron chi connectivity index (χ0n) is 7.84. The average Bonchev–Trinajstić information content (AvgIpc) is 2.16. The maximum atomic E-state index is 4.06. The fourth-order valence-electron chi connectivity index (χ4n) is 1.93. The molecule has 1 aliphatic rings. The first-order chi connectivity index (χ1) is 5.83. The smallest absolute Gasteiger partial charge is 0.0430 e. The predicted molar refractivity (Wildman–Crippen MR) is 54.4 cm³/mol. The molecule has 0 aliphatic heterocycles. The molecular formula is C11H17N. The minimum absolute atomic E-state index is 0.678. The molecule has 0 amide bonds. The molecule has 0 spiro atoms. The SMILES string of the molecule is C=CC1=C(N=C)CCCC1CC. The first-order valence-electron chi connectivity index (χ1n) is 4.65. The fraction of sp³-hybridized carbons (Fsp3) is 0.545. The summed E-state index contributed by atoms with van der Waals surface area (Å²) in [6, 6.07) is 0. The second-order valence-electron chi connectivity index (χ2n) is 3.26. The number of hydrogen-bond acceptors (Lipinski definition) is 1. The molecule has 12 heavy (non-hydrogen) atoms. The highest BCUT2D eigenvalue weighted by Crippen LogP contribution is 2.32. The third kappa shape index (κ3) is 1.66.